The molecule has 5 nitrogen and oxygen atoms in total. The molecular weight excluding hydrogens is 302 g/mol. The van der Waals surface area contributed by atoms with Gasteiger partial charge in [-0.2, -0.15) is 0 Å². The van der Waals surface area contributed by atoms with E-state index in [1.165, 1.54) is 16.0 Å². The lowest BCUT2D eigenvalue weighted by Crippen LogP contribution is -2.50. The van der Waals surface area contributed by atoms with E-state index < -0.39 is 5.54 Å². The van der Waals surface area contributed by atoms with Crippen LogP contribution in [0.4, 0.5) is 4.79 Å². The zero-order valence-electron chi connectivity index (χ0n) is 14.3. The van der Waals surface area contributed by atoms with Gasteiger partial charge in [-0.3, -0.25) is 9.69 Å². The van der Waals surface area contributed by atoms with Crippen molar-refractivity contribution in [2.24, 2.45) is 5.92 Å². The molecule has 3 aliphatic rings. The maximum absolute atomic E-state index is 12.9. The highest BCUT2D eigenvalue weighted by atomic mass is 16.2. The summed E-state index contributed by atoms with van der Waals surface area (Å²) in [7, 11) is 0. The maximum Gasteiger partial charge on any atom is 0.326 e. The van der Waals surface area contributed by atoms with Crippen molar-refractivity contribution in [2.45, 2.75) is 51.1 Å². The van der Waals surface area contributed by atoms with Gasteiger partial charge in [-0.15, -0.1) is 0 Å². The molecule has 0 radical (unpaired) electrons. The van der Waals surface area contributed by atoms with Crippen LogP contribution in [0.2, 0.25) is 0 Å². The third kappa shape index (κ3) is 2.61. The summed E-state index contributed by atoms with van der Waals surface area (Å²) in [5, 5.41) is 3.01. The Labute approximate surface area is 143 Å². The molecule has 1 aromatic carbocycles. The van der Waals surface area contributed by atoms with Gasteiger partial charge in [0.05, 0.1) is 6.67 Å². The summed E-state index contributed by atoms with van der Waals surface area (Å²) < 4.78 is 0. The van der Waals surface area contributed by atoms with Gasteiger partial charge in [0.2, 0.25) is 0 Å². The molecule has 1 aliphatic carbocycles. The quantitative estimate of drug-likeness (QED) is 0.849. The molecule has 2 aliphatic heterocycles. The van der Waals surface area contributed by atoms with Gasteiger partial charge in [-0.1, -0.05) is 31.2 Å². The molecule has 4 rings (SSSR count). The van der Waals surface area contributed by atoms with Gasteiger partial charge in [-0.25, -0.2) is 9.69 Å². The molecular formula is C19H25N3O2. The van der Waals surface area contributed by atoms with Crippen LogP contribution in [0.15, 0.2) is 24.3 Å². The highest BCUT2D eigenvalue weighted by Crippen LogP contribution is 2.36. The van der Waals surface area contributed by atoms with Crippen LogP contribution in [0.1, 0.15) is 43.7 Å². The van der Waals surface area contributed by atoms with Crippen LogP contribution in [-0.2, 0) is 17.8 Å². The largest absolute Gasteiger partial charge is 0.326 e. The highest BCUT2D eigenvalue weighted by Gasteiger charge is 2.52. The van der Waals surface area contributed by atoms with Gasteiger partial charge in [0.25, 0.3) is 5.91 Å². The van der Waals surface area contributed by atoms with Crippen LogP contribution in [0.25, 0.3) is 0 Å². The van der Waals surface area contributed by atoms with Gasteiger partial charge < -0.3 is 5.32 Å². The minimum atomic E-state index is -0.628. The second-order valence-electron chi connectivity index (χ2n) is 7.64. The van der Waals surface area contributed by atoms with E-state index in [0.717, 1.165) is 45.2 Å². The number of amides is 3. The fraction of sp³-hybridized carbons (Fsp3) is 0.579. The summed E-state index contributed by atoms with van der Waals surface area (Å²) in [6, 6.07) is 8.21. The Bertz CT molecular complexity index is 664. The number of nitrogens with one attached hydrogen (secondary N) is 1. The molecule has 128 valence electrons. The second kappa shape index (κ2) is 5.88. The maximum atomic E-state index is 12.9. The first kappa shape index (κ1) is 15.6. The molecule has 0 atom stereocenters. The lowest BCUT2D eigenvalue weighted by Gasteiger charge is -2.34. The third-order valence-electron chi connectivity index (χ3n) is 5.92. The SMILES string of the molecule is CC1CCC2(CC1)NC(=O)N(CN1CCc3ccccc3C1)C2=O. The molecule has 24 heavy (non-hydrogen) atoms. The lowest BCUT2D eigenvalue weighted by molar-refractivity contribution is -0.134. The van der Waals surface area contributed by atoms with Crippen molar-refractivity contribution in [1.29, 1.82) is 0 Å². The molecule has 2 fully saturated rings. The van der Waals surface area contributed by atoms with Gasteiger partial charge in [0.1, 0.15) is 5.54 Å². The van der Waals surface area contributed by atoms with E-state index in [9.17, 15) is 9.59 Å². The van der Waals surface area contributed by atoms with Crippen molar-refractivity contribution in [1.82, 2.24) is 15.1 Å². The molecule has 1 spiro atoms. The molecule has 3 amide bonds. The normalized spacial score (nSPS) is 30.5. The molecule has 1 N–H and O–H groups in total. The summed E-state index contributed by atoms with van der Waals surface area (Å²) in [5.74, 6) is 0.631. The topological polar surface area (TPSA) is 52.7 Å². The molecule has 1 aromatic rings. The van der Waals surface area contributed by atoms with Crippen molar-refractivity contribution in [3.63, 3.8) is 0 Å². The van der Waals surface area contributed by atoms with Crippen molar-refractivity contribution < 1.29 is 9.59 Å². The molecule has 5 heteroatoms. The zero-order chi connectivity index (χ0) is 16.7. The minimum absolute atomic E-state index is 0.0155. The summed E-state index contributed by atoms with van der Waals surface area (Å²) >= 11 is 0. The first-order valence-electron chi connectivity index (χ1n) is 9.01. The Kier molecular flexibility index (Phi) is 3.83. The van der Waals surface area contributed by atoms with Crippen LogP contribution >= 0.6 is 0 Å². The molecule has 0 unspecified atom stereocenters. The summed E-state index contributed by atoms with van der Waals surface area (Å²) in [6.07, 6.45) is 4.55. The number of nitrogens with zero attached hydrogens (tertiary/aromatic N) is 2. The average molecular weight is 327 g/mol. The number of carbonyl (C=O) groups excluding carboxylic acids is 2. The van der Waals surface area contributed by atoms with Gasteiger partial charge >= 0.3 is 6.03 Å². The number of fused-ring (bicyclic) bond motifs is 1. The first-order chi connectivity index (χ1) is 11.6. The molecule has 0 bridgehead atoms. The predicted octanol–water partition coefficient (Wildman–Crippen LogP) is 2.50. The number of rotatable bonds is 2. The van der Waals surface area contributed by atoms with Crippen molar-refractivity contribution in [3.05, 3.63) is 35.4 Å². The Hall–Kier alpha value is -1.88. The van der Waals surface area contributed by atoms with Gasteiger partial charge in [0, 0.05) is 13.1 Å². The Morgan fingerprint density at radius 3 is 2.62 bits per heavy atom. The van der Waals surface area contributed by atoms with E-state index in [-0.39, 0.29) is 11.9 Å². The van der Waals surface area contributed by atoms with E-state index in [2.05, 4.69) is 35.3 Å². The average Bonchev–Trinajstić information content (AvgIpc) is 2.82. The van der Waals surface area contributed by atoms with E-state index in [1.807, 2.05) is 6.07 Å². The second-order valence-corrected chi connectivity index (χ2v) is 7.64. The molecule has 0 aromatic heterocycles. The zero-order valence-corrected chi connectivity index (χ0v) is 14.3. The lowest BCUT2D eigenvalue weighted by atomic mass is 9.77. The highest BCUT2D eigenvalue weighted by molar-refractivity contribution is 6.07. The summed E-state index contributed by atoms with van der Waals surface area (Å²) in [4.78, 5) is 29.0. The standard InChI is InChI=1S/C19H25N3O2/c1-14-6-9-19(10-7-14)17(23)22(18(24)20-19)13-21-11-8-15-4-2-3-5-16(15)12-21/h2-5,14H,6-13H2,1H3,(H,20,24). The minimum Gasteiger partial charge on any atom is -0.323 e. The van der Waals surface area contributed by atoms with Crippen LogP contribution in [-0.4, -0.2) is 40.5 Å². The van der Waals surface area contributed by atoms with Crippen LogP contribution in [0.3, 0.4) is 0 Å². The third-order valence-corrected chi connectivity index (χ3v) is 5.92. The van der Waals surface area contributed by atoms with Crippen LogP contribution < -0.4 is 5.32 Å². The Balaban J connectivity index is 1.46. The summed E-state index contributed by atoms with van der Waals surface area (Å²) in [5.41, 5.74) is 2.05. The smallest absolute Gasteiger partial charge is 0.323 e. The number of imide groups is 1. The predicted molar refractivity (Wildman–Crippen MR) is 91.2 cm³/mol. The Morgan fingerprint density at radius 1 is 1.17 bits per heavy atom. The van der Waals surface area contributed by atoms with E-state index in [4.69, 9.17) is 0 Å². The van der Waals surface area contributed by atoms with Crippen molar-refractivity contribution >= 4 is 11.9 Å². The first-order valence-corrected chi connectivity index (χ1v) is 9.01. The van der Waals surface area contributed by atoms with Gasteiger partial charge in [0.15, 0.2) is 0 Å². The van der Waals surface area contributed by atoms with Crippen LogP contribution in [0, 0.1) is 5.92 Å². The molecule has 1 saturated carbocycles. The Morgan fingerprint density at radius 2 is 1.88 bits per heavy atom. The monoisotopic (exact) mass is 327 g/mol. The van der Waals surface area contributed by atoms with Crippen LogP contribution in [0.5, 0.6) is 0 Å². The summed E-state index contributed by atoms with van der Waals surface area (Å²) in [6.45, 7) is 4.31. The number of hydrogen-bond acceptors (Lipinski definition) is 3. The number of carbonyl (C=O) groups is 2. The molecule has 1 saturated heterocycles. The fourth-order valence-electron chi connectivity index (χ4n) is 4.27. The number of benzene rings is 1. The van der Waals surface area contributed by atoms with Gasteiger partial charge in [-0.05, 0) is 49.1 Å². The van der Waals surface area contributed by atoms with E-state index >= 15 is 0 Å². The number of hydrogen-bond donors (Lipinski definition) is 1. The molecule has 2 heterocycles. The van der Waals surface area contributed by atoms with Crippen molar-refractivity contribution in [2.75, 3.05) is 13.2 Å². The van der Waals surface area contributed by atoms with E-state index in [1.54, 1.807) is 0 Å². The van der Waals surface area contributed by atoms with Crippen molar-refractivity contribution in [3.8, 4) is 0 Å². The number of urea groups is 1. The fourth-order valence-corrected chi connectivity index (χ4v) is 4.27. The van der Waals surface area contributed by atoms with E-state index in [0.29, 0.717) is 12.6 Å².